The number of nitrogens with one attached hydrogen (secondary N) is 1. The van der Waals surface area contributed by atoms with Crippen LogP contribution in [0.1, 0.15) is 28.9 Å². The standard InChI is InChI=1S/C18H21ClN4O/c19-16-5-6-17(21-11-16)18(24)22-10-15-4-2-8-23(13-15)12-14-3-1-7-20-9-14/h1,3,5-7,9,11,15H,2,4,8,10,12-13H2,(H,22,24)/t15-/m0/s1. The van der Waals surface area contributed by atoms with Crippen LogP contribution in [0.4, 0.5) is 0 Å². The van der Waals surface area contributed by atoms with E-state index in [1.807, 2.05) is 12.3 Å². The molecule has 0 radical (unpaired) electrons. The Morgan fingerprint density at radius 3 is 3.00 bits per heavy atom. The van der Waals surface area contributed by atoms with Gasteiger partial charge in [-0.25, -0.2) is 4.98 Å². The first-order chi connectivity index (χ1) is 11.7. The molecule has 2 aromatic heterocycles. The van der Waals surface area contributed by atoms with Gasteiger partial charge in [0, 0.05) is 38.2 Å². The number of likely N-dealkylation sites (tertiary alicyclic amines) is 1. The number of nitrogens with zero attached hydrogens (tertiary/aromatic N) is 3. The maximum atomic E-state index is 12.1. The lowest BCUT2D eigenvalue weighted by Gasteiger charge is -2.32. The molecule has 5 nitrogen and oxygen atoms in total. The second-order valence-corrected chi connectivity index (χ2v) is 6.61. The van der Waals surface area contributed by atoms with Gasteiger partial charge in [0.1, 0.15) is 5.69 Å². The van der Waals surface area contributed by atoms with Crippen molar-refractivity contribution in [2.24, 2.45) is 5.92 Å². The fraction of sp³-hybridized carbons (Fsp3) is 0.389. The van der Waals surface area contributed by atoms with Gasteiger partial charge < -0.3 is 5.32 Å². The molecule has 0 aliphatic carbocycles. The molecule has 0 bridgehead atoms. The summed E-state index contributed by atoms with van der Waals surface area (Å²) in [5.41, 5.74) is 1.63. The highest BCUT2D eigenvalue weighted by atomic mass is 35.5. The molecule has 24 heavy (non-hydrogen) atoms. The molecular weight excluding hydrogens is 324 g/mol. The molecule has 6 heteroatoms. The van der Waals surface area contributed by atoms with Crippen molar-refractivity contribution in [3.8, 4) is 0 Å². The van der Waals surface area contributed by atoms with Crippen LogP contribution in [0.3, 0.4) is 0 Å². The van der Waals surface area contributed by atoms with Crippen LogP contribution in [0.2, 0.25) is 5.02 Å². The van der Waals surface area contributed by atoms with E-state index >= 15 is 0 Å². The van der Waals surface area contributed by atoms with Crippen LogP contribution in [-0.2, 0) is 6.54 Å². The Labute approximate surface area is 147 Å². The van der Waals surface area contributed by atoms with E-state index in [4.69, 9.17) is 11.6 Å². The Balaban J connectivity index is 1.48. The maximum absolute atomic E-state index is 12.1. The first-order valence-electron chi connectivity index (χ1n) is 8.22. The summed E-state index contributed by atoms with van der Waals surface area (Å²) in [4.78, 5) is 22.8. The third kappa shape index (κ3) is 4.76. The molecule has 1 saturated heterocycles. The minimum Gasteiger partial charge on any atom is -0.350 e. The highest BCUT2D eigenvalue weighted by molar-refractivity contribution is 6.30. The van der Waals surface area contributed by atoms with E-state index in [2.05, 4.69) is 26.3 Å². The van der Waals surface area contributed by atoms with Crippen molar-refractivity contribution < 1.29 is 4.79 Å². The van der Waals surface area contributed by atoms with Gasteiger partial charge in [-0.15, -0.1) is 0 Å². The van der Waals surface area contributed by atoms with Gasteiger partial charge >= 0.3 is 0 Å². The highest BCUT2D eigenvalue weighted by Crippen LogP contribution is 2.18. The first kappa shape index (κ1) is 16.9. The van der Waals surface area contributed by atoms with Gasteiger partial charge in [0.25, 0.3) is 5.91 Å². The van der Waals surface area contributed by atoms with Crippen LogP contribution in [0.5, 0.6) is 0 Å². The number of hydrogen-bond donors (Lipinski definition) is 1. The zero-order chi connectivity index (χ0) is 16.8. The average molecular weight is 345 g/mol. The predicted octanol–water partition coefficient (Wildman–Crippen LogP) is 2.77. The van der Waals surface area contributed by atoms with E-state index in [9.17, 15) is 4.79 Å². The molecule has 1 fully saturated rings. The molecule has 0 saturated carbocycles. The molecule has 0 spiro atoms. The van der Waals surface area contributed by atoms with Gasteiger partial charge in [-0.3, -0.25) is 14.7 Å². The van der Waals surface area contributed by atoms with E-state index in [0.717, 1.165) is 32.5 Å². The quantitative estimate of drug-likeness (QED) is 0.906. The number of piperidine rings is 1. The molecule has 1 atom stereocenters. The molecule has 1 aliphatic rings. The average Bonchev–Trinajstić information content (AvgIpc) is 2.61. The minimum atomic E-state index is -0.143. The molecule has 1 N–H and O–H groups in total. The lowest BCUT2D eigenvalue weighted by Crippen LogP contribution is -2.40. The van der Waals surface area contributed by atoms with Crippen LogP contribution in [0, 0.1) is 5.92 Å². The number of halogens is 1. The smallest absolute Gasteiger partial charge is 0.269 e. The van der Waals surface area contributed by atoms with Gasteiger partial charge in [-0.05, 0) is 49.1 Å². The number of hydrogen-bond acceptors (Lipinski definition) is 4. The highest BCUT2D eigenvalue weighted by Gasteiger charge is 2.21. The van der Waals surface area contributed by atoms with E-state index in [-0.39, 0.29) is 5.91 Å². The summed E-state index contributed by atoms with van der Waals surface area (Å²) in [5, 5.41) is 3.52. The first-order valence-corrected chi connectivity index (χ1v) is 8.59. The van der Waals surface area contributed by atoms with Gasteiger partial charge in [0.2, 0.25) is 0 Å². The van der Waals surface area contributed by atoms with Crippen LogP contribution >= 0.6 is 11.6 Å². The second kappa shape index (κ2) is 8.22. The number of carbonyl (C=O) groups excluding carboxylic acids is 1. The summed E-state index contributed by atoms with van der Waals surface area (Å²) in [5.74, 6) is 0.322. The van der Waals surface area contributed by atoms with E-state index in [1.54, 1.807) is 18.3 Å². The predicted molar refractivity (Wildman–Crippen MR) is 93.8 cm³/mol. The molecule has 0 unspecified atom stereocenters. The minimum absolute atomic E-state index is 0.143. The normalized spacial score (nSPS) is 18.3. The molecule has 0 aromatic carbocycles. The second-order valence-electron chi connectivity index (χ2n) is 6.18. The summed E-state index contributed by atoms with van der Waals surface area (Å²) in [7, 11) is 0. The lowest BCUT2D eigenvalue weighted by molar-refractivity contribution is 0.0925. The topological polar surface area (TPSA) is 58.1 Å². The van der Waals surface area contributed by atoms with Gasteiger partial charge in [-0.2, -0.15) is 0 Å². The summed E-state index contributed by atoms with van der Waals surface area (Å²) in [6, 6.07) is 7.40. The lowest BCUT2D eigenvalue weighted by atomic mass is 9.97. The summed E-state index contributed by atoms with van der Waals surface area (Å²) >= 11 is 5.79. The molecular formula is C18H21ClN4O. The SMILES string of the molecule is O=C(NC[C@@H]1CCCN(Cc2cccnc2)C1)c1ccc(Cl)cn1. The Morgan fingerprint density at radius 1 is 1.33 bits per heavy atom. The van der Waals surface area contributed by atoms with Gasteiger partial charge in [0.05, 0.1) is 5.02 Å². The van der Waals surface area contributed by atoms with Crippen molar-refractivity contribution in [2.45, 2.75) is 19.4 Å². The third-order valence-corrected chi connectivity index (χ3v) is 4.47. The zero-order valence-electron chi connectivity index (χ0n) is 13.5. The number of amides is 1. The Kier molecular flexibility index (Phi) is 5.77. The van der Waals surface area contributed by atoms with Crippen LogP contribution in [-0.4, -0.2) is 40.4 Å². The van der Waals surface area contributed by atoms with Crippen molar-refractivity contribution in [3.05, 3.63) is 59.1 Å². The number of carbonyl (C=O) groups is 1. The number of pyridine rings is 2. The maximum Gasteiger partial charge on any atom is 0.269 e. The van der Waals surface area contributed by atoms with Crippen molar-refractivity contribution >= 4 is 17.5 Å². The third-order valence-electron chi connectivity index (χ3n) is 4.24. The molecule has 126 valence electrons. The molecule has 2 aromatic rings. The van der Waals surface area contributed by atoms with E-state index < -0.39 is 0 Å². The van der Waals surface area contributed by atoms with Crippen molar-refractivity contribution in [3.63, 3.8) is 0 Å². The Morgan fingerprint density at radius 2 is 2.25 bits per heavy atom. The summed E-state index contributed by atoms with van der Waals surface area (Å²) in [6.07, 6.45) is 7.49. The van der Waals surface area contributed by atoms with E-state index in [1.165, 1.54) is 11.8 Å². The molecule has 3 heterocycles. The van der Waals surface area contributed by atoms with Crippen molar-refractivity contribution in [1.29, 1.82) is 0 Å². The fourth-order valence-corrected chi connectivity index (χ4v) is 3.16. The Bertz CT molecular complexity index is 662. The van der Waals surface area contributed by atoms with Crippen LogP contribution < -0.4 is 5.32 Å². The number of aromatic nitrogens is 2. The van der Waals surface area contributed by atoms with Gasteiger partial charge in [-0.1, -0.05) is 17.7 Å². The zero-order valence-corrected chi connectivity index (χ0v) is 14.2. The van der Waals surface area contributed by atoms with Crippen molar-refractivity contribution in [1.82, 2.24) is 20.2 Å². The van der Waals surface area contributed by atoms with E-state index in [0.29, 0.717) is 23.2 Å². The largest absolute Gasteiger partial charge is 0.350 e. The summed E-state index contributed by atoms with van der Waals surface area (Å²) in [6.45, 7) is 3.67. The molecule has 3 rings (SSSR count). The van der Waals surface area contributed by atoms with Gasteiger partial charge in [0.15, 0.2) is 0 Å². The molecule has 1 amide bonds. The van der Waals surface area contributed by atoms with Crippen molar-refractivity contribution in [2.75, 3.05) is 19.6 Å². The van der Waals surface area contributed by atoms with Crippen LogP contribution in [0.15, 0.2) is 42.9 Å². The molecule has 1 aliphatic heterocycles. The van der Waals surface area contributed by atoms with Crippen LogP contribution in [0.25, 0.3) is 0 Å². The summed E-state index contributed by atoms with van der Waals surface area (Å²) < 4.78 is 0. The number of rotatable bonds is 5. The Hall–Kier alpha value is -1.98. The fourth-order valence-electron chi connectivity index (χ4n) is 3.05. The monoisotopic (exact) mass is 344 g/mol.